The number of nitriles is 1. The summed E-state index contributed by atoms with van der Waals surface area (Å²) < 4.78 is 74.2. The Labute approximate surface area is 201 Å². The maximum absolute atomic E-state index is 14.0. The van der Waals surface area contributed by atoms with Crippen molar-refractivity contribution < 1.29 is 31.1 Å². The summed E-state index contributed by atoms with van der Waals surface area (Å²) in [5.41, 5.74) is -0.906. The van der Waals surface area contributed by atoms with Crippen molar-refractivity contribution in [3.63, 3.8) is 0 Å². The fraction of sp³-hybridized carbons (Fsp3) is 0.458. The topological polar surface area (TPSA) is 109 Å². The minimum absolute atomic E-state index is 0.128. The van der Waals surface area contributed by atoms with Crippen LogP contribution < -0.4 is 5.32 Å². The molecule has 3 atom stereocenters. The number of aromatic nitrogens is 1. The third-order valence-electron chi connectivity index (χ3n) is 6.70. The van der Waals surface area contributed by atoms with Gasteiger partial charge in [-0.05, 0) is 56.4 Å². The molecular weight excluding hydrogens is 483 g/mol. The van der Waals surface area contributed by atoms with Gasteiger partial charge in [0.2, 0.25) is 5.91 Å². The molecule has 2 fully saturated rings. The first-order valence-electron chi connectivity index (χ1n) is 11.0. The van der Waals surface area contributed by atoms with Gasteiger partial charge in [0.1, 0.15) is 5.54 Å². The third-order valence-corrected chi connectivity index (χ3v) is 8.93. The predicted octanol–water partition coefficient (Wildman–Crippen LogP) is 3.82. The smallest absolute Gasteiger partial charge is 0.381 e. The number of sulfone groups is 1. The van der Waals surface area contributed by atoms with E-state index in [4.69, 9.17) is 4.74 Å². The van der Waals surface area contributed by atoms with Gasteiger partial charge in [0.05, 0.1) is 33.8 Å². The number of ether oxygens (including phenoxy) is 1. The molecule has 7 nitrogen and oxygen atoms in total. The Kier molecular flexibility index (Phi) is 6.40. The number of hydrogen-bond acceptors (Lipinski definition) is 6. The summed E-state index contributed by atoms with van der Waals surface area (Å²) in [6.45, 7) is 1.74. The molecule has 0 bridgehead atoms. The Hall–Kier alpha value is -2.97. The SMILES string of the molecule is COC1CC(S(=O)(=O)c2ccc(-c3ccc(C)nc3)cc2C(F)(F)F)CC1C(=O)NC1(C#N)CC1. The van der Waals surface area contributed by atoms with Crippen LogP contribution in [0.15, 0.2) is 41.4 Å². The van der Waals surface area contributed by atoms with E-state index >= 15 is 0 Å². The standard InChI is InChI=1S/C24H24F3N3O4S/c1-14-3-4-16(12-29-14)15-5-6-21(19(9-15)24(25,26)27)35(32,33)17-10-18(20(11-17)34-2)22(31)30-23(13-28)7-8-23/h3-6,9,12,17-18,20H,7-8,10-11H2,1-2H3,(H,30,31). The number of nitrogens with zero attached hydrogens (tertiary/aromatic N) is 2. The molecule has 2 saturated carbocycles. The van der Waals surface area contributed by atoms with Crippen LogP contribution in [-0.4, -0.2) is 43.3 Å². The zero-order chi connectivity index (χ0) is 25.6. The van der Waals surface area contributed by atoms with Gasteiger partial charge in [0.15, 0.2) is 9.84 Å². The number of methoxy groups -OCH3 is 1. The average molecular weight is 508 g/mol. The Morgan fingerprint density at radius 2 is 1.89 bits per heavy atom. The van der Waals surface area contributed by atoms with Gasteiger partial charge in [0, 0.05) is 24.6 Å². The minimum atomic E-state index is -4.92. The van der Waals surface area contributed by atoms with Gasteiger partial charge >= 0.3 is 6.18 Å². The summed E-state index contributed by atoms with van der Waals surface area (Å²) in [5.74, 6) is -1.41. The highest BCUT2D eigenvalue weighted by Gasteiger charge is 2.51. The zero-order valence-corrected chi connectivity index (χ0v) is 19.9. The fourth-order valence-corrected chi connectivity index (χ4v) is 6.46. The van der Waals surface area contributed by atoms with Crippen molar-refractivity contribution in [2.45, 2.75) is 60.6 Å². The van der Waals surface area contributed by atoms with Crippen LogP contribution in [0.4, 0.5) is 13.2 Å². The quantitative estimate of drug-likeness (QED) is 0.637. The molecule has 1 heterocycles. The normalized spacial score (nSPS) is 23.5. The molecule has 2 aromatic rings. The van der Waals surface area contributed by atoms with Crippen LogP contribution in [-0.2, 0) is 25.5 Å². The Morgan fingerprint density at radius 1 is 1.20 bits per heavy atom. The monoisotopic (exact) mass is 507 g/mol. The fourth-order valence-electron chi connectivity index (χ4n) is 4.46. The number of carbonyl (C=O) groups excluding carboxylic acids is 1. The van der Waals surface area contributed by atoms with E-state index in [1.807, 2.05) is 6.07 Å². The number of amides is 1. The van der Waals surface area contributed by atoms with Gasteiger partial charge in [-0.3, -0.25) is 9.78 Å². The van der Waals surface area contributed by atoms with E-state index in [1.165, 1.54) is 19.4 Å². The number of rotatable bonds is 6. The van der Waals surface area contributed by atoms with E-state index in [1.54, 1.807) is 19.1 Å². The molecule has 3 unspecified atom stereocenters. The molecule has 1 aromatic carbocycles. The first-order valence-corrected chi connectivity index (χ1v) is 12.6. The van der Waals surface area contributed by atoms with Crippen molar-refractivity contribution in [1.29, 1.82) is 5.26 Å². The molecule has 186 valence electrons. The van der Waals surface area contributed by atoms with Crippen molar-refractivity contribution in [2.75, 3.05) is 7.11 Å². The molecule has 2 aliphatic carbocycles. The summed E-state index contributed by atoms with van der Waals surface area (Å²) >= 11 is 0. The molecular formula is C24H24F3N3O4S. The maximum Gasteiger partial charge on any atom is 0.417 e. The summed E-state index contributed by atoms with van der Waals surface area (Å²) in [5, 5.41) is 10.6. The summed E-state index contributed by atoms with van der Waals surface area (Å²) in [6.07, 6.45) is -3.62. The van der Waals surface area contributed by atoms with E-state index in [0.29, 0.717) is 24.1 Å². The molecule has 35 heavy (non-hydrogen) atoms. The molecule has 4 rings (SSSR count). The first kappa shape index (κ1) is 25.1. The number of halogens is 3. The molecule has 1 aromatic heterocycles. The van der Waals surface area contributed by atoms with E-state index in [9.17, 15) is 31.6 Å². The van der Waals surface area contributed by atoms with Gasteiger partial charge in [-0.15, -0.1) is 0 Å². The molecule has 11 heteroatoms. The number of nitrogens with one attached hydrogen (secondary N) is 1. The lowest BCUT2D eigenvalue weighted by Gasteiger charge is -2.19. The Bertz CT molecular complexity index is 1280. The highest BCUT2D eigenvalue weighted by molar-refractivity contribution is 7.92. The van der Waals surface area contributed by atoms with E-state index in [0.717, 1.165) is 12.1 Å². The molecule has 1 N–H and O–H groups in total. The third kappa shape index (κ3) is 4.90. The van der Waals surface area contributed by atoms with Crippen molar-refractivity contribution in [1.82, 2.24) is 10.3 Å². The number of hydrogen-bond donors (Lipinski definition) is 1. The van der Waals surface area contributed by atoms with Crippen molar-refractivity contribution in [2.24, 2.45) is 5.92 Å². The van der Waals surface area contributed by atoms with Crippen molar-refractivity contribution in [3.8, 4) is 17.2 Å². The van der Waals surface area contributed by atoms with Gasteiger partial charge in [0.25, 0.3) is 0 Å². The van der Waals surface area contributed by atoms with Gasteiger partial charge in [-0.25, -0.2) is 8.42 Å². The van der Waals surface area contributed by atoms with E-state index in [2.05, 4.69) is 10.3 Å². The highest BCUT2D eigenvalue weighted by atomic mass is 32.2. The Morgan fingerprint density at radius 3 is 2.43 bits per heavy atom. The Balaban J connectivity index is 1.66. The van der Waals surface area contributed by atoms with Gasteiger partial charge in [-0.1, -0.05) is 12.1 Å². The van der Waals surface area contributed by atoms with Crippen LogP contribution in [0.25, 0.3) is 11.1 Å². The first-order chi connectivity index (χ1) is 16.4. The van der Waals surface area contributed by atoms with Crippen molar-refractivity contribution in [3.05, 3.63) is 47.8 Å². The van der Waals surface area contributed by atoms with Crippen LogP contribution in [0.3, 0.4) is 0 Å². The van der Waals surface area contributed by atoms with Crippen LogP contribution in [0.1, 0.15) is 36.9 Å². The molecule has 0 aliphatic heterocycles. The van der Waals surface area contributed by atoms with Crippen LogP contribution in [0.2, 0.25) is 0 Å². The van der Waals surface area contributed by atoms with E-state index < -0.39 is 55.2 Å². The lowest BCUT2D eigenvalue weighted by molar-refractivity contribution is -0.139. The average Bonchev–Trinajstić information content (AvgIpc) is 3.44. The minimum Gasteiger partial charge on any atom is -0.381 e. The van der Waals surface area contributed by atoms with E-state index in [-0.39, 0.29) is 18.4 Å². The summed E-state index contributed by atoms with van der Waals surface area (Å²) in [7, 11) is -3.14. The second-order valence-electron chi connectivity index (χ2n) is 9.10. The second kappa shape index (κ2) is 8.91. The largest absolute Gasteiger partial charge is 0.417 e. The molecule has 1 amide bonds. The van der Waals surface area contributed by atoms with Crippen LogP contribution in [0.5, 0.6) is 0 Å². The lowest BCUT2D eigenvalue weighted by atomic mass is 10.0. The van der Waals surface area contributed by atoms with Gasteiger partial charge < -0.3 is 10.1 Å². The number of aryl methyl sites for hydroxylation is 1. The van der Waals surface area contributed by atoms with Crippen LogP contribution in [0, 0.1) is 24.2 Å². The molecule has 2 aliphatic rings. The van der Waals surface area contributed by atoms with Gasteiger partial charge in [-0.2, -0.15) is 18.4 Å². The number of carbonyl (C=O) groups is 1. The molecule has 0 saturated heterocycles. The second-order valence-corrected chi connectivity index (χ2v) is 11.3. The predicted molar refractivity (Wildman–Crippen MR) is 120 cm³/mol. The molecule has 0 spiro atoms. The number of alkyl halides is 3. The van der Waals surface area contributed by atoms with Crippen LogP contribution >= 0.6 is 0 Å². The molecule has 0 radical (unpaired) electrons. The number of pyridine rings is 1. The number of benzene rings is 1. The maximum atomic E-state index is 14.0. The zero-order valence-electron chi connectivity index (χ0n) is 19.1. The summed E-state index contributed by atoms with van der Waals surface area (Å²) in [4.78, 5) is 16.0. The summed E-state index contributed by atoms with van der Waals surface area (Å²) in [6, 6.07) is 8.41. The van der Waals surface area contributed by atoms with Crippen molar-refractivity contribution >= 4 is 15.7 Å². The lowest BCUT2D eigenvalue weighted by Crippen LogP contribution is -2.42. The highest BCUT2D eigenvalue weighted by Crippen LogP contribution is 2.43.